The lowest BCUT2D eigenvalue weighted by atomic mass is 10.0. The molecule has 1 atom stereocenters. The van der Waals surface area contributed by atoms with Crippen LogP contribution in [0.25, 0.3) is 0 Å². The average molecular weight is 218 g/mol. The SMILES string of the molecule is CC(C)Nc1cccc2c1C(C)NC(N)=N2. The average Bonchev–Trinajstić information content (AvgIpc) is 2.15. The molecular formula is C12H18N4. The van der Waals surface area contributed by atoms with Gasteiger partial charge in [-0.05, 0) is 32.9 Å². The highest BCUT2D eigenvalue weighted by atomic mass is 15.1. The number of rotatable bonds is 2. The van der Waals surface area contributed by atoms with E-state index in [1.165, 1.54) is 5.56 Å². The van der Waals surface area contributed by atoms with E-state index in [-0.39, 0.29) is 6.04 Å². The second-order valence-corrected chi connectivity index (χ2v) is 4.40. The lowest BCUT2D eigenvalue weighted by Gasteiger charge is -2.25. The van der Waals surface area contributed by atoms with Crippen molar-refractivity contribution in [2.75, 3.05) is 5.32 Å². The summed E-state index contributed by atoms with van der Waals surface area (Å²) >= 11 is 0. The molecule has 1 aliphatic rings. The highest BCUT2D eigenvalue weighted by Crippen LogP contribution is 2.34. The molecule has 16 heavy (non-hydrogen) atoms. The van der Waals surface area contributed by atoms with E-state index in [2.05, 4.69) is 42.5 Å². The van der Waals surface area contributed by atoms with Gasteiger partial charge in [-0.2, -0.15) is 0 Å². The van der Waals surface area contributed by atoms with Crippen LogP contribution in [0.4, 0.5) is 11.4 Å². The van der Waals surface area contributed by atoms with Gasteiger partial charge in [-0.15, -0.1) is 0 Å². The van der Waals surface area contributed by atoms with Gasteiger partial charge in [0.05, 0.1) is 11.7 Å². The molecule has 4 nitrogen and oxygen atoms in total. The standard InChI is InChI=1S/C12H18N4/c1-7(2)14-9-5-4-6-10-11(9)8(3)15-12(13)16-10/h4-8,14H,1-3H3,(H3,13,15,16). The fourth-order valence-electron chi connectivity index (χ4n) is 2.00. The minimum absolute atomic E-state index is 0.190. The smallest absolute Gasteiger partial charge is 0.194 e. The third kappa shape index (κ3) is 1.96. The van der Waals surface area contributed by atoms with Gasteiger partial charge in [-0.3, -0.25) is 0 Å². The number of anilines is 1. The van der Waals surface area contributed by atoms with Crippen molar-refractivity contribution in [2.24, 2.45) is 10.7 Å². The van der Waals surface area contributed by atoms with Crippen LogP contribution >= 0.6 is 0 Å². The summed E-state index contributed by atoms with van der Waals surface area (Å²) in [6.45, 7) is 6.34. The molecular weight excluding hydrogens is 200 g/mol. The van der Waals surface area contributed by atoms with Gasteiger partial charge in [0.15, 0.2) is 5.96 Å². The highest BCUT2D eigenvalue weighted by Gasteiger charge is 2.20. The zero-order valence-corrected chi connectivity index (χ0v) is 9.91. The Balaban J connectivity index is 2.46. The van der Waals surface area contributed by atoms with E-state index in [1.54, 1.807) is 0 Å². The van der Waals surface area contributed by atoms with Crippen molar-refractivity contribution in [3.05, 3.63) is 23.8 Å². The summed E-state index contributed by atoms with van der Waals surface area (Å²) in [5.74, 6) is 0.488. The second kappa shape index (κ2) is 4.04. The van der Waals surface area contributed by atoms with Crippen LogP contribution in [0.2, 0.25) is 0 Å². The molecule has 0 aliphatic carbocycles. The Hall–Kier alpha value is -1.71. The van der Waals surface area contributed by atoms with Crippen molar-refractivity contribution >= 4 is 17.3 Å². The molecule has 1 aromatic carbocycles. The van der Waals surface area contributed by atoms with Gasteiger partial charge in [0.25, 0.3) is 0 Å². The maximum atomic E-state index is 5.71. The Labute approximate surface area is 96.0 Å². The Kier molecular flexibility index (Phi) is 2.73. The maximum absolute atomic E-state index is 5.71. The molecule has 0 bridgehead atoms. The van der Waals surface area contributed by atoms with E-state index in [0.717, 1.165) is 11.4 Å². The molecule has 2 rings (SSSR count). The fourth-order valence-corrected chi connectivity index (χ4v) is 2.00. The largest absolute Gasteiger partial charge is 0.383 e. The van der Waals surface area contributed by atoms with Crippen molar-refractivity contribution in [2.45, 2.75) is 32.9 Å². The predicted octanol–water partition coefficient (Wildman–Crippen LogP) is 2.12. The van der Waals surface area contributed by atoms with Gasteiger partial charge >= 0.3 is 0 Å². The van der Waals surface area contributed by atoms with Crippen molar-refractivity contribution in [1.29, 1.82) is 0 Å². The van der Waals surface area contributed by atoms with Gasteiger partial charge < -0.3 is 16.4 Å². The summed E-state index contributed by atoms with van der Waals surface area (Å²) in [6, 6.07) is 6.66. The molecule has 1 aliphatic heterocycles. The Morgan fingerprint density at radius 1 is 1.44 bits per heavy atom. The third-order valence-electron chi connectivity index (χ3n) is 2.57. The van der Waals surface area contributed by atoms with Crippen LogP contribution in [-0.2, 0) is 0 Å². The minimum atomic E-state index is 0.190. The second-order valence-electron chi connectivity index (χ2n) is 4.40. The van der Waals surface area contributed by atoms with E-state index in [4.69, 9.17) is 5.73 Å². The van der Waals surface area contributed by atoms with Crippen molar-refractivity contribution in [3.8, 4) is 0 Å². The molecule has 0 saturated heterocycles. The molecule has 0 saturated carbocycles. The van der Waals surface area contributed by atoms with Gasteiger partial charge in [-0.25, -0.2) is 4.99 Å². The van der Waals surface area contributed by atoms with E-state index in [0.29, 0.717) is 12.0 Å². The summed E-state index contributed by atoms with van der Waals surface area (Å²) in [6.07, 6.45) is 0. The molecule has 1 unspecified atom stereocenters. The van der Waals surface area contributed by atoms with Crippen LogP contribution < -0.4 is 16.4 Å². The summed E-state index contributed by atoms with van der Waals surface area (Å²) in [5, 5.41) is 6.56. The van der Waals surface area contributed by atoms with Crippen LogP contribution in [0.5, 0.6) is 0 Å². The molecule has 0 amide bonds. The summed E-state index contributed by atoms with van der Waals surface area (Å²) in [7, 11) is 0. The number of nitrogens with zero attached hydrogens (tertiary/aromatic N) is 1. The van der Waals surface area contributed by atoms with Gasteiger partial charge in [0.1, 0.15) is 0 Å². The topological polar surface area (TPSA) is 62.4 Å². The first-order valence-electron chi connectivity index (χ1n) is 5.58. The number of benzene rings is 1. The van der Waals surface area contributed by atoms with E-state index in [9.17, 15) is 0 Å². The van der Waals surface area contributed by atoms with E-state index >= 15 is 0 Å². The Morgan fingerprint density at radius 2 is 2.19 bits per heavy atom. The molecule has 0 spiro atoms. The molecule has 0 radical (unpaired) electrons. The normalized spacial score (nSPS) is 18.8. The molecule has 0 fully saturated rings. The van der Waals surface area contributed by atoms with Gasteiger partial charge in [0.2, 0.25) is 0 Å². The number of aliphatic imine (C=N–C) groups is 1. The Bertz CT molecular complexity index is 423. The van der Waals surface area contributed by atoms with E-state index < -0.39 is 0 Å². The van der Waals surface area contributed by atoms with Gasteiger partial charge in [0, 0.05) is 17.3 Å². The zero-order chi connectivity index (χ0) is 11.7. The predicted molar refractivity (Wildman–Crippen MR) is 68.0 cm³/mol. The van der Waals surface area contributed by atoms with Crippen molar-refractivity contribution < 1.29 is 0 Å². The minimum Gasteiger partial charge on any atom is -0.383 e. The van der Waals surface area contributed by atoms with Gasteiger partial charge in [-0.1, -0.05) is 6.07 Å². The Morgan fingerprint density at radius 3 is 2.88 bits per heavy atom. The van der Waals surface area contributed by atoms with Crippen LogP contribution in [0, 0.1) is 0 Å². The first-order chi connectivity index (χ1) is 7.58. The molecule has 86 valence electrons. The number of hydrogen-bond donors (Lipinski definition) is 3. The lowest BCUT2D eigenvalue weighted by Crippen LogP contribution is -2.36. The first kappa shape index (κ1) is 10.8. The molecule has 1 heterocycles. The van der Waals surface area contributed by atoms with Crippen LogP contribution in [0.1, 0.15) is 32.4 Å². The molecule has 4 heteroatoms. The number of fused-ring (bicyclic) bond motifs is 1. The molecule has 1 aromatic rings. The summed E-state index contributed by atoms with van der Waals surface area (Å²) in [5.41, 5.74) is 8.98. The highest BCUT2D eigenvalue weighted by molar-refractivity contribution is 5.85. The van der Waals surface area contributed by atoms with Crippen LogP contribution in [0.15, 0.2) is 23.2 Å². The van der Waals surface area contributed by atoms with Crippen LogP contribution in [-0.4, -0.2) is 12.0 Å². The summed E-state index contributed by atoms with van der Waals surface area (Å²) in [4.78, 5) is 4.31. The number of hydrogen-bond acceptors (Lipinski definition) is 4. The molecule has 0 aromatic heterocycles. The monoisotopic (exact) mass is 218 g/mol. The quantitative estimate of drug-likeness (QED) is 0.712. The number of guanidine groups is 1. The lowest BCUT2D eigenvalue weighted by molar-refractivity contribution is 0.699. The van der Waals surface area contributed by atoms with Crippen LogP contribution in [0.3, 0.4) is 0 Å². The summed E-state index contributed by atoms with van der Waals surface area (Å²) < 4.78 is 0. The zero-order valence-electron chi connectivity index (χ0n) is 9.91. The maximum Gasteiger partial charge on any atom is 0.194 e. The first-order valence-corrected chi connectivity index (χ1v) is 5.58. The fraction of sp³-hybridized carbons (Fsp3) is 0.417. The molecule has 4 N–H and O–H groups in total. The van der Waals surface area contributed by atoms with E-state index in [1.807, 2.05) is 12.1 Å². The number of nitrogens with two attached hydrogens (primary N) is 1. The van der Waals surface area contributed by atoms with Crippen molar-refractivity contribution in [3.63, 3.8) is 0 Å². The van der Waals surface area contributed by atoms with Crippen molar-refractivity contribution in [1.82, 2.24) is 5.32 Å². The number of nitrogens with one attached hydrogen (secondary N) is 2. The third-order valence-corrected chi connectivity index (χ3v) is 2.57.